The summed E-state index contributed by atoms with van der Waals surface area (Å²) in [5.74, 6) is -9.22. The molecule has 240 valence electrons. The molecule has 45 heavy (non-hydrogen) atoms. The number of nitrogens with one attached hydrogen (secondary N) is 1. The van der Waals surface area contributed by atoms with Crippen LogP contribution in [0, 0.1) is 25.6 Å². The molecule has 0 fully saturated rings. The van der Waals surface area contributed by atoms with Crippen molar-refractivity contribution < 1.29 is 43.7 Å². The average Bonchev–Trinajstić information content (AvgIpc) is 2.95. The van der Waals surface area contributed by atoms with E-state index in [1.54, 1.807) is 31.0 Å². The highest BCUT2D eigenvalue weighted by atomic mass is 19.1. The molecule has 0 aliphatic rings. The van der Waals surface area contributed by atoms with E-state index in [0.29, 0.717) is 27.3 Å². The molecule has 2 aromatic carbocycles. The third-order valence-corrected chi connectivity index (χ3v) is 7.52. The van der Waals surface area contributed by atoms with E-state index in [1.807, 2.05) is 6.92 Å². The number of aliphatic carboxylic acids is 3. The molecule has 14 nitrogen and oxygen atoms in total. The van der Waals surface area contributed by atoms with Crippen molar-refractivity contribution in [3.63, 3.8) is 0 Å². The Morgan fingerprint density at radius 3 is 2.27 bits per heavy atom. The molecule has 1 heterocycles. The lowest BCUT2D eigenvalue weighted by Gasteiger charge is -2.28. The Balaban J connectivity index is 1.81. The molecule has 6 N–H and O–H groups in total. The molecule has 3 aromatic rings. The molecule has 0 aliphatic heterocycles. The molecular formula is C30H34FN5O9. The fourth-order valence-corrected chi connectivity index (χ4v) is 4.88. The van der Waals surface area contributed by atoms with Crippen LogP contribution < -0.4 is 16.2 Å². The van der Waals surface area contributed by atoms with Crippen molar-refractivity contribution in [2.24, 2.45) is 11.7 Å². The third kappa shape index (κ3) is 8.06. The zero-order valence-electron chi connectivity index (χ0n) is 25.0. The molecular weight excluding hydrogens is 593 g/mol. The van der Waals surface area contributed by atoms with Crippen LogP contribution in [0.1, 0.15) is 46.6 Å². The number of aromatic amines is 1. The Morgan fingerprint density at radius 2 is 1.69 bits per heavy atom. The Morgan fingerprint density at radius 1 is 1.02 bits per heavy atom. The molecule has 0 spiro atoms. The molecule has 15 heteroatoms. The van der Waals surface area contributed by atoms with E-state index in [0.717, 1.165) is 30.3 Å². The minimum atomic E-state index is -1.96. The van der Waals surface area contributed by atoms with Gasteiger partial charge in [0.05, 0.1) is 22.5 Å². The Hall–Kier alpha value is -5.18. The first-order valence-electron chi connectivity index (χ1n) is 13.8. The van der Waals surface area contributed by atoms with Gasteiger partial charge in [0.2, 0.25) is 0 Å². The molecule has 1 amide bonds. The number of nitrogens with zero attached hydrogens (tertiary/aromatic N) is 3. The number of H-pyrrole nitrogens is 1. The lowest BCUT2D eigenvalue weighted by molar-refractivity contribution is -0.149. The Bertz CT molecular complexity index is 1720. The van der Waals surface area contributed by atoms with Crippen molar-refractivity contribution >= 4 is 46.2 Å². The summed E-state index contributed by atoms with van der Waals surface area (Å²) in [6.07, 6.45) is -1.76. The number of carbonyl (C=O) groups excluding carboxylic acids is 2. The Kier molecular flexibility index (Phi) is 10.7. The van der Waals surface area contributed by atoms with Crippen LogP contribution in [0.15, 0.2) is 35.1 Å². The van der Waals surface area contributed by atoms with Crippen molar-refractivity contribution in [1.29, 1.82) is 0 Å². The van der Waals surface area contributed by atoms with Crippen LogP contribution in [0.2, 0.25) is 0 Å². The van der Waals surface area contributed by atoms with E-state index in [4.69, 9.17) is 10.8 Å². The van der Waals surface area contributed by atoms with Crippen LogP contribution in [-0.4, -0.2) is 86.0 Å². The number of amides is 1. The highest BCUT2D eigenvalue weighted by molar-refractivity contribution is 6.02. The maximum Gasteiger partial charge on any atom is 0.326 e. The van der Waals surface area contributed by atoms with Gasteiger partial charge < -0.3 is 35.8 Å². The van der Waals surface area contributed by atoms with E-state index in [1.165, 1.54) is 6.07 Å². The number of halogens is 1. The number of Topliss-reactive ketones (excluding diaryl/α,β-unsaturated/α-hetero) is 1. The zero-order valence-corrected chi connectivity index (χ0v) is 25.0. The molecule has 3 atom stereocenters. The van der Waals surface area contributed by atoms with Crippen molar-refractivity contribution in [3.8, 4) is 0 Å². The average molecular weight is 628 g/mol. The number of benzene rings is 2. The number of nitrogens with two attached hydrogens (primary N) is 1. The number of fused-ring (bicyclic) bond motifs is 1. The number of rotatable bonds is 14. The summed E-state index contributed by atoms with van der Waals surface area (Å²) >= 11 is 0. The summed E-state index contributed by atoms with van der Waals surface area (Å²) < 4.78 is 15.3. The maximum atomic E-state index is 15.3. The highest BCUT2D eigenvalue weighted by Crippen LogP contribution is 2.25. The van der Waals surface area contributed by atoms with Crippen molar-refractivity contribution in [3.05, 3.63) is 69.0 Å². The van der Waals surface area contributed by atoms with E-state index in [9.17, 15) is 39.0 Å². The number of anilines is 1. The molecule has 1 unspecified atom stereocenters. The molecule has 1 aromatic heterocycles. The van der Waals surface area contributed by atoms with Gasteiger partial charge in [-0.1, -0.05) is 0 Å². The predicted molar refractivity (Wildman–Crippen MR) is 159 cm³/mol. The van der Waals surface area contributed by atoms with Gasteiger partial charge in [-0.15, -0.1) is 0 Å². The summed E-state index contributed by atoms with van der Waals surface area (Å²) in [5.41, 5.74) is 7.40. The minimum Gasteiger partial charge on any atom is -0.481 e. The normalized spacial score (nSPS) is 13.1. The summed E-state index contributed by atoms with van der Waals surface area (Å²) in [6, 6.07) is 3.83. The second kappa shape index (κ2) is 14.1. The standard InChI is InChI=1S/C30H34FN5O9/c1-14-9-23-19(27(40)34-15(2)33-23)10-16(14)13-35(3)17-5-6-18(21(31)11-17)28(41)36(4)24(30(44)45)12-20(29(42)43)26(39)22(32)7-8-25(37)38/h5-6,9-11,20,22,24H,7-8,12-13,32H2,1-4H3,(H,37,38)(H,42,43)(H,44,45)(H,33,34,40)/t20?,22-,24-/m0/s1. The maximum absolute atomic E-state index is 15.3. The lowest BCUT2D eigenvalue weighted by atomic mass is 9.89. The van der Waals surface area contributed by atoms with E-state index in [2.05, 4.69) is 9.97 Å². The van der Waals surface area contributed by atoms with Gasteiger partial charge >= 0.3 is 17.9 Å². The van der Waals surface area contributed by atoms with Crippen molar-refractivity contribution in [2.75, 3.05) is 19.0 Å². The van der Waals surface area contributed by atoms with Gasteiger partial charge in [-0.05, 0) is 68.1 Å². The smallest absolute Gasteiger partial charge is 0.326 e. The lowest BCUT2D eigenvalue weighted by Crippen LogP contribution is -2.48. The number of carboxylic acid groups (broad SMARTS) is 3. The van der Waals surface area contributed by atoms with Crippen LogP contribution in [0.5, 0.6) is 0 Å². The van der Waals surface area contributed by atoms with Crippen LogP contribution in [0.3, 0.4) is 0 Å². The number of carbonyl (C=O) groups is 5. The quantitative estimate of drug-likeness (QED) is 0.161. The SMILES string of the molecule is Cc1nc2cc(C)c(CN(C)c3ccc(C(=O)N(C)[C@@H](CC(C(=O)O)C(=O)[C@@H](N)CCC(=O)O)C(=O)O)c(F)c3)cc2c(=O)[nH]1. The first-order chi connectivity index (χ1) is 21.0. The molecule has 0 bridgehead atoms. The van der Waals surface area contributed by atoms with Gasteiger partial charge in [-0.2, -0.15) is 0 Å². The van der Waals surface area contributed by atoms with Gasteiger partial charge in [-0.25, -0.2) is 14.2 Å². The summed E-state index contributed by atoms with van der Waals surface area (Å²) in [7, 11) is 2.71. The summed E-state index contributed by atoms with van der Waals surface area (Å²) in [6.45, 7) is 3.80. The van der Waals surface area contributed by atoms with Crippen molar-refractivity contribution in [2.45, 2.75) is 51.7 Å². The summed E-state index contributed by atoms with van der Waals surface area (Å²) in [4.78, 5) is 82.2. The van der Waals surface area contributed by atoms with E-state index in [-0.39, 0.29) is 18.5 Å². The molecule has 0 saturated heterocycles. The number of carboxylic acids is 3. The number of aryl methyl sites for hydroxylation is 2. The second-order valence-corrected chi connectivity index (χ2v) is 10.8. The Labute approximate surface area is 256 Å². The fraction of sp³-hybridized carbons (Fsp3) is 0.367. The fourth-order valence-electron chi connectivity index (χ4n) is 4.88. The van der Waals surface area contributed by atoms with Crippen LogP contribution in [0.4, 0.5) is 10.1 Å². The largest absolute Gasteiger partial charge is 0.481 e. The van der Waals surface area contributed by atoms with Gasteiger partial charge in [0.25, 0.3) is 11.5 Å². The second-order valence-electron chi connectivity index (χ2n) is 10.8. The van der Waals surface area contributed by atoms with Gasteiger partial charge in [-0.3, -0.25) is 24.0 Å². The zero-order chi connectivity index (χ0) is 33.7. The highest BCUT2D eigenvalue weighted by Gasteiger charge is 2.38. The number of likely N-dealkylation sites (N-methyl/N-ethyl adjacent to an activating group) is 1. The van der Waals surface area contributed by atoms with E-state index >= 15 is 4.39 Å². The summed E-state index contributed by atoms with van der Waals surface area (Å²) in [5, 5.41) is 28.6. The monoisotopic (exact) mass is 627 g/mol. The van der Waals surface area contributed by atoms with Crippen LogP contribution in [-0.2, 0) is 25.7 Å². The predicted octanol–water partition coefficient (Wildman–Crippen LogP) is 1.69. The number of aromatic nitrogens is 2. The molecule has 3 rings (SSSR count). The van der Waals surface area contributed by atoms with Crippen LogP contribution >= 0.6 is 0 Å². The van der Waals surface area contributed by atoms with Crippen LogP contribution in [0.25, 0.3) is 10.9 Å². The number of ketones is 1. The number of hydrogen-bond acceptors (Lipinski definition) is 9. The first-order valence-corrected chi connectivity index (χ1v) is 13.8. The molecule has 0 aliphatic carbocycles. The number of hydrogen-bond donors (Lipinski definition) is 5. The minimum absolute atomic E-state index is 0.266. The van der Waals surface area contributed by atoms with E-state index < -0.39 is 71.8 Å². The molecule has 0 radical (unpaired) electrons. The topological polar surface area (TPSA) is 224 Å². The van der Waals surface area contributed by atoms with Gasteiger partial charge in [0, 0.05) is 32.7 Å². The third-order valence-electron chi connectivity index (χ3n) is 7.52. The van der Waals surface area contributed by atoms with Gasteiger partial charge in [0.15, 0.2) is 5.78 Å². The first kappa shape index (κ1) is 34.3. The van der Waals surface area contributed by atoms with Crippen molar-refractivity contribution in [1.82, 2.24) is 14.9 Å². The van der Waals surface area contributed by atoms with Gasteiger partial charge in [0.1, 0.15) is 23.6 Å². The molecule has 0 saturated carbocycles.